The molecular weight excluding hydrogens is 268 g/mol. The summed E-state index contributed by atoms with van der Waals surface area (Å²) in [7, 11) is 0. The second kappa shape index (κ2) is 6.15. The van der Waals surface area contributed by atoms with Crippen LogP contribution in [-0.4, -0.2) is 36.4 Å². The highest BCUT2D eigenvalue weighted by molar-refractivity contribution is 5.92. The van der Waals surface area contributed by atoms with Crippen molar-refractivity contribution < 1.29 is 18.6 Å². The molecule has 7 heteroatoms. The van der Waals surface area contributed by atoms with Gasteiger partial charge < -0.3 is 20.9 Å². The lowest BCUT2D eigenvalue weighted by Crippen LogP contribution is -2.40. The van der Waals surface area contributed by atoms with Crippen molar-refractivity contribution in [3.8, 4) is 0 Å². The molecule has 1 heterocycles. The Morgan fingerprint density at radius 3 is 2.80 bits per heavy atom. The first kappa shape index (κ1) is 14.7. The molecule has 0 saturated carbocycles. The summed E-state index contributed by atoms with van der Waals surface area (Å²) in [6.45, 7) is 1.03. The molecule has 0 amide bonds. The van der Waals surface area contributed by atoms with E-state index in [1.54, 1.807) is 0 Å². The Bertz CT molecular complexity index is 502. The van der Waals surface area contributed by atoms with E-state index in [1.807, 2.05) is 0 Å². The van der Waals surface area contributed by atoms with Crippen LogP contribution in [0.2, 0.25) is 0 Å². The van der Waals surface area contributed by atoms with Crippen LogP contribution in [0.1, 0.15) is 12.8 Å². The highest BCUT2D eigenvalue weighted by Gasteiger charge is 2.29. The molecule has 0 atom stereocenters. The fourth-order valence-electron chi connectivity index (χ4n) is 1.91. The SMILES string of the molecule is NC(=NCC1(O)CCOCC1)Nc1cc(F)ccc1F. The van der Waals surface area contributed by atoms with Crippen molar-refractivity contribution in [2.45, 2.75) is 18.4 Å². The van der Waals surface area contributed by atoms with Gasteiger partial charge in [0.2, 0.25) is 0 Å². The minimum absolute atomic E-state index is 0.0746. The number of guanidine groups is 1. The number of nitrogens with one attached hydrogen (secondary N) is 1. The van der Waals surface area contributed by atoms with E-state index in [2.05, 4.69) is 10.3 Å². The smallest absolute Gasteiger partial charge is 0.193 e. The first-order valence-electron chi connectivity index (χ1n) is 6.31. The van der Waals surface area contributed by atoms with Gasteiger partial charge in [0.15, 0.2) is 5.96 Å². The first-order chi connectivity index (χ1) is 9.48. The fraction of sp³-hybridized carbons (Fsp3) is 0.462. The zero-order valence-corrected chi connectivity index (χ0v) is 10.9. The lowest BCUT2D eigenvalue weighted by Gasteiger charge is -2.30. The molecule has 0 radical (unpaired) electrons. The van der Waals surface area contributed by atoms with Gasteiger partial charge in [0.05, 0.1) is 17.8 Å². The van der Waals surface area contributed by atoms with Crippen molar-refractivity contribution in [1.29, 1.82) is 0 Å². The molecule has 2 rings (SSSR count). The number of rotatable bonds is 3. The molecule has 20 heavy (non-hydrogen) atoms. The summed E-state index contributed by atoms with van der Waals surface area (Å²) in [5.74, 6) is -1.28. The van der Waals surface area contributed by atoms with Gasteiger partial charge in [0, 0.05) is 32.1 Å². The molecule has 0 spiro atoms. The molecule has 1 aliphatic heterocycles. The van der Waals surface area contributed by atoms with Crippen molar-refractivity contribution in [1.82, 2.24) is 0 Å². The molecule has 0 unspecified atom stereocenters. The highest BCUT2D eigenvalue weighted by Crippen LogP contribution is 2.20. The van der Waals surface area contributed by atoms with Crippen LogP contribution in [0.25, 0.3) is 0 Å². The Labute approximate surface area is 115 Å². The molecule has 1 aromatic rings. The Morgan fingerprint density at radius 1 is 1.40 bits per heavy atom. The summed E-state index contributed by atoms with van der Waals surface area (Å²) in [5.41, 5.74) is 4.56. The minimum atomic E-state index is -0.953. The van der Waals surface area contributed by atoms with E-state index in [1.165, 1.54) is 0 Å². The zero-order valence-electron chi connectivity index (χ0n) is 10.9. The van der Waals surface area contributed by atoms with E-state index in [0.717, 1.165) is 18.2 Å². The van der Waals surface area contributed by atoms with Gasteiger partial charge in [-0.15, -0.1) is 0 Å². The van der Waals surface area contributed by atoms with Gasteiger partial charge in [0.25, 0.3) is 0 Å². The van der Waals surface area contributed by atoms with Gasteiger partial charge in [-0.25, -0.2) is 8.78 Å². The van der Waals surface area contributed by atoms with Crippen molar-refractivity contribution in [2.75, 3.05) is 25.1 Å². The molecule has 1 aromatic carbocycles. The maximum Gasteiger partial charge on any atom is 0.193 e. The Balaban J connectivity index is 1.98. The number of aliphatic imine (C=N–C) groups is 1. The molecule has 5 nitrogen and oxygen atoms in total. The third-order valence-electron chi connectivity index (χ3n) is 3.16. The number of nitrogens with two attached hydrogens (primary N) is 1. The first-order valence-corrected chi connectivity index (χ1v) is 6.31. The fourth-order valence-corrected chi connectivity index (χ4v) is 1.91. The van der Waals surface area contributed by atoms with Gasteiger partial charge in [0.1, 0.15) is 11.6 Å². The standard InChI is InChI=1S/C13H17F2N3O2/c14-9-1-2-10(15)11(7-9)18-12(16)17-8-13(19)3-5-20-6-4-13/h1-2,7,19H,3-6,8H2,(H3,16,17,18). The van der Waals surface area contributed by atoms with Crippen LogP contribution in [0.5, 0.6) is 0 Å². The second-order valence-electron chi connectivity index (χ2n) is 4.79. The quantitative estimate of drug-likeness (QED) is 0.576. The van der Waals surface area contributed by atoms with E-state index >= 15 is 0 Å². The Hall–Kier alpha value is -1.73. The van der Waals surface area contributed by atoms with E-state index in [4.69, 9.17) is 10.5 Å². The number of aliphatic hydroxyl groups is 1. The molecule has 1 aliphatic rings. The topological polar surface area (TPSA) is 79.9 Å². The highest BCUT2D eigenvalue weighted by atomic mass is 19.1. The molecule has 4 N–H and O–H groups in total. The minimum Gasteiger partial charge on any atom is -0.388 e. The Kier molecular flexibility index (Phi) is 4.51. The van der Waals surface area contributed by atoms with Crippen LogP contribution >= 0.6 is 0 Å². The molecule has 0 aromatic heterocycles. The largest absolute Gasteiger partial charge is 0.388 e. The maximum atomic E-state index is 13.4. The number of benzene rings is 1. The molecule has 0 aliphatic carbocycles. The summed E-state index contributed by atoms with van der Waals surface area (Å²) >= 11 is 0. The van der Waals surface area contributed by atoms with Crippen molar-refractivity contribution >= 4 is 11.6 Å². The van der Waals surface area contributed by atoms with Gasteiger partial charge >= 0.3 is 0 Å². The number of nitrogens with zero attached hydrogens (tertiary/aromatic N) is 1. The lowest BCUT2D eigenvalue weighted by atomic mass is 9.95. The average molecular weight is 285 g/mol. The van der Waals surface area contributed by atoms with E-state index < -0.39 is 17.2 Å². The molecule has 1 fully saturated rings. The van der Waals surface area contributed by atoms with E-state index in [-0.39, 0.29) is 18.2 Å². The number of halogens is 2. The molecule has 1 saturated heterocycles. The summed E-state index contributed by atoms with van der Waals surface area (Å²) in [5, 5.41) is 12.7. The summed E-state index contributed by atoms with van der Waals surface area (Å²) < 4.78 is 31.5. The van der Waals surface area contributed by atoms with Crippen LogP contribution in [0.4, 0.5) is 14.5 Å². The molecule has 110 valence electrons. The summed E-state index contributed by atoms with van der Waals surface area (Å²) in [6, 6.07) is 3.00. The van der Waals surface area contributed by atoms with Gasteiger partial charge in [-0.1, -0.05) is 0 Å². The summed E-state index contributed by atoms with van der Waals surface area (Å²) in [4.78, 5) is 3.97. The van der Waals surface area contributed by atoms with Gasteiger partial charge in [-0.05, 0) is 12.1 Å². The van der Waals surface area contributed by atoms with Crippen LogP contribution in [0.3, 0.4) is 0 Å². The van der Waals surface area contributed by atoms with Gasteiger partial charge in [-0.3, -0.25) is 4.99 Å². The Morgan fingerprint density at radius 2 is 2.10 bits per heavy atom. The predicted molar refractivity (Wildman–Crippen MR) is 71.5 cm³/mol. The van der Waals surface area contributed by atoms with Crippen molar-refractivity contribution in [2.24, 2.45) is 10.7 Å². The summed E-state index contributed by atoms with van der Waals surface area (Å²) in [6.07, 6.45) is 0.941. The number of hydrogen-bond acceptors (Lipinski definition) is 3. The van der Waals surface area contributed by atoms with Crippen molar-refractivity contribution in [3.63, 3.8) is 0 Å². The van der Waals surface area contributed by atoms with Crippen LogP contribution in [0.15, 0.2) is 23.2 Å². The normalized spacial score (nSPS) is 18.9. The number of ether oxygens (including phenoxy) is 1. The molecule has 0 bridgehead atoms. The predicted octanol–water partition coefficient (Wildman–Crippen LogP) is 1.23. The number of anilines is 1. The third-order valence-corrected chi connectivity index (χ3v) is 3.16. The number of hydrogen-bond donors (Lipinski definition) is 3. The van der Waals surface area contributed by atoms with Crippen LogP contribution in [-0.2, 0) is 4.74 Å². The van der Waals surface area contributed by atoms with Gasteiger partial charge in [-0.2, -0.15) is 0 Å². The van der Waals surface area contributed by atoms with Crippen molar-refractivity contribution in [3.05, 3.63) is 29.8 Å². The monoisotopic (exact) mass is 285 g/mol. The molecular formula is C13H17F2N3O2. The van der Waals surface area contributed by atoms with E-state index in [0.29, 0.717) is 26.1 Å². The van der Waals surface area contributed by atoms with Crippen LogP contribution < -0.4 is 11.1 Å². The average Bonchev–Trinajstić information content (AvgIpc) is 2.42. The van der Waals surface area contributed by atoms with E-state index in [9.17, 15) is 13.9 Å². The third kappa shape index (κ3) is 3.88. The second-order valence-corrected chi connectivity index (χ2v) is 4.79. The lowest BCUT2D eigenvalue weighted by molar-refractivity contribution is -0.0565. The zero-order chi connectivity index (χ0) is 14.6. The van der Waals surface area contributed by atoms with Crippen LogP contribution in [0, 0.1) is 11.6 Å². The maximum absolute atomic E-state index is 13.4.